The van der Waals surface area contributed by atoms with E-state index in [9.17, 15) is 4.79 Å². The van der Waals surface area contributed by atoms with Crippen molar-refractivity contribution in [3.8, 4) is 0 Å². The first kappa shape index (κ1) is 15.6. The first-order valence-electron chi connectivity index (χ1n) is 8.34. The molecule has 1 saturated heterocycles. The number of rotatable bonds is 5. The third-order valence-corrected chi connectivity index (χ3v) is 4.37. The van der Waals surface area contributed by atoms with Crippen molar-refractivity contribution in [3.63, 3.8) is 0 Å². The number of hydrogen-bond acceptors (Lipinski definition) is 3. The summed E-state index contributed by atoms with van der Waals surface area (Å²) >= 11 is 0. The highest BCUT2D eigenvalue weighted by Crippen LogP contribution is 2.21. The summed E-state index contributed by atoms with van der Waals surface area (Å²) in [6.45, 7) is 6.23. The molecule has 1 aliphatic rings. The van der Waals surface area contributed by atoms with Crippen LogP contribution in [-0.2, 0) is 0 Å². The van der Waals surface area contributed by atoms with Crippen molar-refractivity contribution in [1.82, 2.24) is 15.3 Å². The average Bonchev–Trinajstić information content (AvgIpc) is 3.24. The first-order valence-corrected chi connectivity index (χ1v) is 8.34. The molecule has 1 fully saturated rings. The summed E-state index contributed by atoms with van der Waals surface area (Å²) in [6.07, 6.45) is 5.09. The Morgan fingerprint density at radius 3 is 2.57 bits per heavy atom. The Kier molecular flexibility index (Phi) is 4.65. The third kappa shape index (κ3) is 3.55. The highest BCUT2D eigenvalue weighted by atomic mass is 16.1. The van der Waals surface area contributed by atoms with E-state index < -0.39 is 0 Å². The van der Waals surface area contributed by atoms with Crippen LogP contribution < -0.4 is 10.2 Å². The van der Waals surface area contributed by atoms with E-state index >= 15 is 0 Å². The average molecular weight is 312 g/mol. The Bertz CT molecular complexity index is 656. The lowest BCUT2D eigenvalue weighted by Crippen LogP contribution is -2.29. The molecule has 5 nitrogen and oxygen atoms in total. The number of hydrogen-bond donors (Lipinski definition) is 2. The molecule has 1 aromatic carbocycles. The zero-order chi connectivity index (χ0) is 16.2. The molecule has 0 aliphatic carbocycles. The minimum atomic E-state index is -0.0885. The monoisotopic (exact) mass is 312 g/mol. The fourth-order valence-corrected chi connectivity index (χ4v) is 3.01. The van der Waals surface area contributed by atoms with Crippen LogP contribution in [0.25, 0.3) is 0 Å². The van der Waals surface area contributed by atoms with Gasteiger partial charge >= 0.3 is 0 Å². The molecule has 2 N–H and O–H groups in total. The molecule has 1 aromatic heterocycles. The van der Waals surface area contributed by atoms with Gasteiger partial charge < -0.3 is 15.2 Å². The van der Waals surface area contributed by atoms with Gasteiger partial charge in [-0.05, 0) is 50.5 Å². The molecule has 0 radical (unpaired) electrons. The Hall–Kier alpha value is -2.30. The lowest BCUT2D eigenvalue weighted by atomic mass is 10.1. The second kappa shape index (κ2) is 6.86. The zero-order valence-corrected chi connectivity index (χ0v) is 13.8. The standard InChI is InChI=1S/C18H24N4O/c1-3-16(17-19-12-13(2)20-17)21-18(23)14-6-8-15(9-7-14)22-10-4-5-11-22/h6-9,12,16H,3-5,10-11H2,1-2H3,(H,19,20)(H,21,23)/t16-/m0/s1. The summed E-state index contributed by atoms with van der Waals surface area (Å²) in [7, 11) is 0. The number of imidazole rings is 1. The van der Waals surface area contributed by atoms with Gasteiger partial charge in [-0.1, -0.05) is 6.92 Å². The molecular weight excluding hydrogens is 288 g/mol. The fourth-order valence-electron chi connectivity index (χ4n) is 3.01. The number of carbonyl (C=O) groups excluding carboxylic acids is 1. The van der Waals surface area contributed by atoms with Gasteiger partial charge in [0, 0.05) is 36.2 Å². The maximum Gasteiger partial charge on any atom is 0.251 e. The van der Waals surface area contributed by atoms with Crippen LogP contribution in [0.4, 0.5) is 5.69 Å². The number of nitrogens with zero attached hydrogens (tertiary/aromatic N) is 2. The Morgan fingerprint density at radius 1 is 1.30 bits per heavy atom. The molecule has 23 heavy (non-hydrogen) atoms. The van der Waals surface area contributed by atoms with Gasteiger partial charge in [-0.15, -0.1) is 0 Å². The molecule has 2 heterocycles. The highest BCUT2D eigenvalue weighted by molar-refractivity contribution is 5.94. The summed E-state index contributed by atoms with van der Waals surface area (Å²) in [5.74, 6) is 0.755. The van der Waals surface area contributed by atoms with Gasteiger partial charge in [-0.25, -0.2) is 4.98 Å². The third-order valence-electron chi connectivity index (χ3n) is 4.37. The van der Waals surface area contributed by atoms with Crippen LogP contribution in [0, 0.1) is 6.92 Å². The summed E-state index contributed by atoms with van der Waals surface area (Å²) in [4.78, 5) is 22.3. The molecule has 0 saturated carbocycles. The van der Waals surface area contributed by atoms with Crippen molar-refractivity contribution in [2.45, 2.75) is 39.2 Å². The van der Waals surface area contributed by atoms with E-state index in [0.717, 1.165) is 31.0 Å². The SMILES string of the molecule is CC[C@H](NC(=O)c1ccc(N2CCCC2)cc1)c1ncc(C)[nH]1. The van der Waals surface area contributed by atoms with E-state index in [1.807, 2.05) is 38.1 Å². The molecule has 2 aromatic rings. The minimum absolute atomic E-state index is 0.0566. The number of anilines is 1. The van der Waals surface area contributed by atoms with Crippen molar-refractivity contribution < 1.29 is 4.79 Å². The number of amides is 1. The Labute approximate surface area is 137 Å². The highest BCUT2D eigenvalue weighted by Gasteiger charge is 2.17. The molecular formula is C18H24N4O. The van der Waals surface area contributed by atoms with Crippen molar-refractivity contribution in [2.24, 2.45) is 0 Å². The van der Waals surface area contributed by atoms with Crippen molar-refractivity contribution >= 4 is 11.6 Å². The number of aromatic amines is 1. The van der Waals surface area contributed by atoms with Gasteiger partial charge in [-0.3, -0.25) is 4.79 Å². The van der Waals surface area contributed by atoms with Crippen LogP contribution in [0.3, 0.4) is 0 Å². The van der Waals surface area contributed by atoms with Gasteiger partial charge in [0.2, 0.25) is 0 Å². The fraction of sp³-hybridized carbons (Fsp3) is 0.444. The van der Waals surface area contributed by atoms with E-state index in [0.29, 0.717) is 5.56 Å². The lowest BCUT2D eigenvalue weighted by Gasteiger charge is -2.18. The van der Waals surface area contributed by atoms with Gasteiger partial charge in [0.1, 0.15) is 5.82 Å². The number of benzene rings is 1. The Balaban J connectivity index is 1.67. The first-order chi connectivity index (χ1) is 11.2. The second-order valence-electron chi connectivity index (χ2n) is 6.13. The topological polar surface area (TPSA) is 61.0 Å². The van der Waals surface area contributed by atoms with Crippen LogP contribution in [0.15, 0.2) is 30.5 Å². The van der Waals surface area contributed by atoms with Gasteiger partial charge in [-0.2, -0.15) is 0 Å². The van der Waals surface area contributed by atoms with Gasteiger partial charge in [0.05, 0.1) is 6.04 Å². The number of nitrogens with one attached hydrogen (secondary N) is 2. The van der Waals surface area contributed by atoms with Crippen LogP contribution in [-0.4, -0.2) is 29.0 Å². The number of carbonyl (C=O) groups is 1. The van der Waals surface area contributed by atoms with E-state index in [1.165, 1.54) is 18.5 Å². The normalized spacial score (nSPS) is 15.7. The Morgan fingerprint density at radius 2 is 2.00 bits per heavy atom. The molecule has 122 valence electrons. The smallest absolute Gasteiger partial charge is 0.251 e. The quantitative estimate of drug-likeness (QED) is 0.891. The summed E-state index contributed by atoms with van der Waals surface area (Å²) < 4.78 is 0. The lowest BCUT2D eigenvalue weighted by molar-refractivity contribution is 0.0934. The van der Waals surface area contributed by atoms with Crippen LogP contribution in [0.1, 0.15) is 54.1 Å². The van der Waals surface area contributed by atoms with Crippen LogP contribution >= 0.6 is 0 Å². The van der Waals surface area contributed by atoms with Crippen LogP contribution in [0.2, 0.25) is 0 Å². The van der Waals surface area contributed by atoms with E-state index in [-0.39, 0.29) is 11.9 Å². The summed E-state index contributed by atoms with van der Waals surface area (Å²) in [5, 5.41) is 3.06. The summed E-state index contributed by atoms with van der Waals surface area (Å²) in [6, 6.07) is 7.80. The van der Waals surface area contributed by atoms with Crippen molar-refractivity contribution in [1.29, 1.82) is 0 Å². The van der Waals surface area contributed by atoms with Gasteiger partial charge in [0.25, 0.3) is 5.91 Å². The molecule has 1 atom stereocenters. The van der Waals surface area contributed by atoms with Crippen molar-refractivity contribution in [3.05, 3.63) is 47.5 Å². The summed E-state index contributed by atoms with van der Waals surface area (Å²) in [5.41, 5.74) is 2.89. The predicted molar refractivity (Wildman–Crippen MR) is 91.7 cm³/mol. The van der Waals surface area contributed by atoms with Crippen molar-refractivity contribution in [2.75, 3.05) is 18.0 Å². The minimum Gasteiger partial charge on any atom is -0.372 e. The maximum atomic E-state index is 12.5. The van der Waals surface area contributed by atoms with E-state index in [4.69, 9.17) is 0 Å². The zero-order valence-electron chi connectivity index (χ0n) is 13.8. The molecule has 1 amide bonds. The molecule has 0 unspecified atom stereocenters. The largest absolute Gasteiger partial charge is 0.372 e. The number of aryl methyl sites for hydroxylation is 1. The maximum absolute atomic E-state index is 12.5. The number of H-pyrrole nitrogens is 1. The molecule has 0 spiro atoms. The van der Waals surface area contributed by atoms with E-state index in [1.54, 1.807) is 6.20 Å². The molecule has 0 bridgehead atoms. The number of aromatic nitrogens is 2. The predicted octanol–water partition coefficient (Wildman–Crippen LogP) is 3.20. The van der Waals surface area contributed by atoms with E-state index in [2.05, 4.69) is 20.2 Å². The molecule has 1 aliphatic heterocycles. The molecule has 3 rings (SSSR count). The van der Waals surface area contributed by atoms with Gasteiger partial charge in [0.15, 0.2) is 0 Å². The molecule has 5 heteroatoms. The second-order valence-corrected chi connectivity index (χ2v) is 6.13. The van der Waals surface area contributed by atoms with Crippen LogP contribution in [0.5, 0.6) is 0 Å².